The SMILES string of the molecule is CCSc1nc([O-])c2[n+](n1)C(c1ccc3c(c1)OCO3)N(C(C)=O)c1ccccc1-2. The molecule has 5 rings (SSSR count). The van der Waals surface area contributed by atoms with Gasteiger partial charge in [0.25, 0.3) is 17.0 Å². The molecule has 0 fully saturated rings. The van der Waals surface area contributed by atoms with E-state index in [1.807, 2.05) is 43.3 Å². The van der Waals surface area contributed by atoms with Crippen molar-refractivity contribution in [3.8, 4) is 28.6 Å². The zero-order chi connectivity index (χ0) is 20.8. The maximum absolute atomic E-state index is 13.0. The zero-order valence-electron chi connectivity index (χ0n) is 16.4. The van der Waals surface area contributed by atoms with Gasteiger partial charge < -0.3 is 14.6 Å². The van der Waals surface area contributed by atoms with Gasteiger partial charge in [-0.05, 0) is 36.1 Å². The maximum atomic E-state index is 13.0. The van der Waals surface area contributed by atoms with Crippen molar-refractivity contribution in [2.24, 2.45) is 0 Å². The molecule has 1 aromatic heterocycles. The average Bonchev–Trinajstić information content (AvgIpc) is 3.20. The number of carbonyl (C=O) groups is 1. The van der Waals surface area contributed by atoms with Gasteiger partial charge in [0.05, 0.1) is 17.1 Å². The highest BCUT2D eigenvalue weighted by molar-refractivity contribution is 7.99. The van der Waals surface area contributed by atoms with E-state index in [4.69, 9.17) is 9.47 Å². The Balaban J connectivity index is 1.79. The van der Waals surface area contributed by atoms with Gasteiger partial charge in [-0.3, -0.25) is 4.79 Å². The van der Waals surface area contributed by atoms with Gasteiger partial charge in [0.1, 0.15) is 0 Å². The van der Waals surface area contributed by atoms with Crippen LogP contribution in [-0.2, 0) is 4.79 Å². The van der Waals surface area contributed by atoms with Crippen LogP contribution < -0.4 is 24.2 Å². The molecular weight excluding hydrogens is 404 g/mol. The van der Waals surface area contributed by atoms with Gasteiger partial charge in [-0.15, -0.1) is 0 Å². The molecule has 3 heterocycles. The van der Waals surface area contributed by atoms with Crippen molar-refractivity contribution in [3.63, 3.8) is 0 Å². The number of aromatic nitrogens is 3. The average molecular weight is 422 g/mol. The van der Waals surface area contributed by atoms with Gasteiger partial charge in [-0.2, -0.15) is 0 Å². The molecule has 152 valence electrons. The number of benzene rings is 2. The summed E-state index contributed by atoms with van der Waals surface area (Å²) in [6.45, 7) is 3.62. The Hall–Kier alpha value is -3.33. The number of amides is 1. The van der Waals surface area contributed by atoms with Crippen molar-refractivity contribution in [2.75, 3.05) is 17.4 Å². The van der Waals surface area contributed by atoms with Gasteiger partial charge in [0, 0.05) is 17.6 Å². The Morgan fingerprint density at radius 3 is 2.87 bits per heavy atom. The quantitative estimate of drug-likeness (QED) is 0.472. The minimum Gasteiger partial charge on any atom is -0.854 e. The first-order valence-electron chi connectivity index (χ1n) is 9.51. The Morgan fingerprint density at radius 1 is 1.27 bits per heavy atom. The number of anilines is 1. The second kappa shape index (κ2) is 7.17. The molecule has 0 radical (unpaired) electrons. The second-order valence-corrected chi connectivity index (χ2v) is 8.05. The highest BCUT2D eigenvalue weighted by Crippen LogP contribution is 2.42. The van der Waals surface area contributed by atoms with Gasteiger partial charge >= 0.3 is 0 Å². The van der Waals surface area contributed by atoms with Crippen LogP contribution in [-0.4, -0.2) is 28.5 Å². The molecular formula is C21H18N4O4S. The number of hydrogen-bond acceptors (Lipinski definition) is 7. The predicted octanol–water partition coefficient (Wildman–Crippen LogP) is 2.26. The predicted molar refractivity (Wildman–Crippen MR) is 107 cm³/mol. The third-order valence-electron chi connectivity index (χ3n) is 5.02. The first-order chi connectivity index (χ1) is 14.6. The summed E-state index contributed by atoms with van der Waals surface area (Å²) in [7, 11) is 0. The number of carbonyl (C=O) groups excluding carboxylic acids is 1. The summed E-state index contributed by atoms with van der Waals surface area (Å²) >= 11 is 1.38. The molecule has 0 spiro atoms. The first-order valence-corrected chi connectivity index (χ1v) is 10.5. The summed E-state index contributed by atoms with van der Waals surface area (Å²) in [6.07, 6.45) is -0.659. The molecule has 8 nitrogen and oxygen atoms in total. The maximum Gasteiger partial charge on any atom is 0.293 e. The molecule has 3 aromatic rings. The van der Waals surface area contributed by atoms with Gasteiger partial charge in [0.15, 0.2) is 11.5 Å². The van der Waals surface area contributed by atoms with E-state index in [-0.39, 0.29) is 18.6 Å². The summed E-state index contributed by atoms with van der Waals surface area (Å²) in [5.41, 5.74) is 2.37. The van der Waals surface area contributed by atoms with E-state index >= 15 is 0 Å². The van der Waals surface area contributed by atoms with Crippen LogP contribution in [0.4, 0.5) is 5.69 Å². The third kappa shape index (κ3) is 2.85. The molecule has 0 saturated carbocycles. The van der Waals surface area contributed by atoms with Crippen LogP contribution in [0.15, 0.2) is 47.6 Å². The van der Waals surface area contributed by atoms with Crippen LogP contribution in [0.3, 0.4) is 0 Å². The van der Waals surface area contributed by atoms with Crippen molar-refractivity contribution in [1.29, 1.82) is 0 Å². The monoisotopic (exact) mass is 422 g/mol. The van der Waals surface area contributed by atoms with Crippen molar-refractivity contribution < 1.29 is 24.1 Å². The second-order valence-electron chi connectivity index (χ2n) is 6.82. The minimum absolute atomic E-state index is 0.149. The summed E-state index contributed by atoms with van der Waals surface area (Å²) in [5.74, 6) is 1.42. The summed E-state index contributed by atoms with van der Waals surface area (Å²) < 4.78 is 12.6. The molecule has 2 aliphatic heterocycles. The Labute approximate surface area is 177 Å². The van der Waals surface area contributed by atoms with E-state index in [1.54, 1.807) is 15.6 Å². The standard InChI is InChI=1S/C21H18N4O4S/c1-3-30-21-22-19(27)18-14-6-4-5-7-15(14)24(12(2)26)20(25(18)23-21)13-8-9-16-17(10-13)29-11-28-16/h4-10,20H,3,11H2,1-2H3. The molecule has 1 unspecified atom stereocenters. The lowest BCUT2D eigenvalue weighted by Gasteiger charge is -2.32. The molecule has 9 heteroatoms. The molecule has 0 bridgehead atoms. The topological polar surface area (TPSA) is 91.5 Å². The zero-order valence-corrected chi connectivity index (χ0v) is 17.2. The molecule has 2 aromatic carbocycles. The molecule has 1 amide bonds. The van der Waals surface area contributed by atoms with E-state index in [9.17, 15) is 9.90 Å². The third-order valence-corrected chi connectivity index (χ3v) is 5.74. The Bertz CT molecular complexity index is 1170. The normalized spacial score (nSPS) is 16.2. The summed E-state index contributed by atoms with van der Waals surface area (Å²) in [5, 5.41) is 18.1. The van der Waals surface area contributed by atoms with Gasteiger partial charge in [0.2, 0.25) is 12.7 Å². The van der Waals surface area contributed by atoms with Gasteiger partial charge in [-0.1, -0.05) is 35.5 Å². The number of para-hydroxylation sites is 1. The Morgan fingerprint density at radius 2 is 2.07 bits per heavy atom. The molecule has 0 N–H and O–H groups in total. The molecule has 0 aliphatic carbocycles. The number of fused-ring (bicyclic) bond motifs is 4. The van der Waals surface area contributed by atoms with Crippen LogP contribution in [0.25, 0.3) is 11.3 Å². The molecule has 30 heavy (non-hydrogen) atoms. The fraction of sp³-hybridized carbons (Fsp3) is 0.238. The largest absolute Gasteiger partial charge is 0.854 e. The number of ether oxygens (including phenoxy) is 2. The lowest BCUT2D eigenvalue weighted by molar-refractivity contribution is -0.764. The van der Waals surface area contributed by atoms with E-state index in [0.717, 1.165) is 11.3 Å². The first kappa shape index (κ1) is 18.7. The number of hydrogen-bond donors (Lipinski definition) is 0. The minimum atomic E-state index is -0.659. The van der Waals surface area contributed by atoms with Crippen molar-refractivity contribution in [2.45, 2.75) is 25.2 Å². The van der Waals surface area contributed by atoms with Crippen LogP contribution in [0.2, 0.25) is 0 Å². The van der Waals surface area contributed by atoms with Crippen LogP contribution in [0, 0.1) is 0 Å². The highest BCUT2D eigenvalue weighted by Gasteiger charge is 2.44. The van der Waals surface area contributed by atoms with Crippen molar-refractivity contribution in [1.82, 2.24) is 10.1 Å². The highest BCUT2D eigenvalue weighted by atomic mass is 32.2. The van der Waals surface area contributed by atoms with E-state index in [0.29, 0.717) is 33.6 Å². The van der Waals surface area contributed by atoms with E-state index < -0.39 is 6.17 Å². The lowest BCUT2D eigenvalue weighted by atomic mass is 10.0. The van der Waals surface area contributed by atoms with Crippen molar-refractivity contribution in [3.05, 3.63) is 48.0 Å². The smallest absolute Gasteiger partial charge is 0.293 e. The summed E-state index contributed by atoms with van der Waals surface area (Å²) in [4.78, 5) is 18.6. The van der Waals surface area contributed by atoms with Gasteiger partial charge in [-0.25, -0.2) is 9.88 Å². The molecule has 2 aliphatic rings. The van der Waals surface area contributed by atoms with E-state index in [1.165, 1.54) is 18.7 Å². The van der Waals surface area contributed by atoms with Crippen LogP contribution in [0.1, 0.15) is 25.6 Å². The Kier molecular flexibility index (Phi) is 4.47. The number of thioether (sulfide) groups is 1. The van der Waals surface area contributed by atoms with Crippen LogP contribution >= 0.6 is 11.8 Å². The summed E-state index contributed by atoms with van der Waals surface area (Å²) in [6, 6.07) is 12.8. The fourth-order valence-corrected chi connectivity index (χ4v) is 4.39. The fourth-order valence-electron chi connectivity index (χ4n) is 3.84. The van der Waals surface area contributed by atoms with Crippen LogP contribution in [0.5, 0.6) is 17.4 Å². The molecule has 1 atom stereocenters. The number of rotatable bonds is 3. The van der Waals surface area contributed by atoms with E-state index in [2.05, 4.69) is 10.1 Å². The van der Waals surface area contributed by atoms with Crippen molar-refractivity contribution >= 4 is 23.4 Å². The number of nitrogens with zero attached hydrogens (tertiary/aromatic N) is 4. The lowest BCUT2D eigenvalue weighted by Crippen LogP contribution is -2.58. The molecule has 0 saturated heterocycles.